The third kappa shape index (κ3) is 5.01. The normalized spacial score (nSPS) is 18.1. The lowest BCUT2D eigenvalue weighted by molar-refractivity contribution is -0.131. The van der Waals surface area contributed by atoms with Crippen molar-refractivity contribution in [1.82, 2.24) is 18.1 Å². The van der Waals surface area contributed by atoms with Crippen molar-refractivity contribution in [3.05, 3.63) is 48.3 Å². The third-order valence-corrected chi connectivity index (χ3v) is 10.2. The standard InChI is InChI=1S/C22H30N4O5S2/c1-23(15-19-9-3-2-4-10-19)22(27)18-24-16-20(32(28,29)25-11-5-6-12-25)21(17-24)33(30,31)26-13-7-8-14-26/h2-4,9-10,16-17H,5-8,11-15,18H2,1H3. The fourth-order valence-electron chi connectivity index (χ4n) is 4.30. The molecule has 1 amide bonds. The van der Waals surface area contributed by atoms with E-state index < -0.39 is 20.0 Å². The number of hydrogen-bond donors (Lipinski definition) is 0. The first-order valence-electron chi connectivity index (χ1n) is 11.2. The van der Waals surface area contributed by atoms with E-state index in [1.807, 2.05) is 30.3 Å². The first kappa shape index (κ1) is 23.9. The number of rotatable bonds is 8. The van der Waals surface area contributed by atoms with Crippen molar-refractivity contribution in [2.75, 3.05) is 33.2 Å². The monoisotopic (exact) mass is 494 g/mol. The predicted octanol–water partition coefficient (Wildman–Crippen LogP) is 1.72. The minimum Gasteiger partial charge on any atom is -0.342 e. The van der Waals surface area contributed by atoms with Crippen LogP contribution in [0.25, 0.3) is 0 Å². The molecule has 1 aromatic carbocycles. The summed E-state index contributed by atoms with van der Waals surface area (Å²) in [7, 11) is -6.30. The van der Waals surface area contributed by atoms with Crippen LogP contribution < -0.4 is 0 Å². The Labute approximate surface area is 195 Å². The van der Waals surface area contributed by atoms with Crippen molar-refractivity contribution in [2.24, 2.45) is 0 Å². The van der Waals surface area contributed by atoms with E-state index in [9.17, 15) is 21.6 Å². The Balaban J connectivity index is 1.64. The molecule has 0 aliphatic carbocycles. The van der Waals surface area contributed by atoms with Gasteiger partial charge in [0.05, 0.1) is 0 Å². The molecule has 0 radical (unpaired) electrons. The Morgan fingerprint density at radius 3 is 1.73 bits per heavy atom. The molecular formula is C22H30N4O5S2. The lowest BCUT2D eigenvalue weighted by Crippen LogP contribution is -2.32. The molecule has 9 nitrogen and oxygen atoms in total. The van der Waals surface area contributed by atoms with E-state index in [1.54, 1.807) is 11.9 Å². The van der Waals surface area contributed by atoms with Gasteiger partial charge in [-0.25, -0.2) is 16.8 Å². The number of carbonyl (C=O) groups is 1. The number of likely N-dealkylation sites (N-methyl/N-ethyl adjacent to an activating group) is 1. The molecule has 11 heteroatoms. The van der Waals surface area contributed by atoms with Gasteiger partial charge in [0, 0.05) is 52.2 Å². The van der Waals surface area contributed by atoms with Gasteiger partial charge in [-0.3, -0.25) is 4.79 Å². The van der Waals surface area contributed by atoms with Crippen molar-refractivity contribution in [3.63, 3.8) is 0 Å². The number of benzene rings is 1. The van der Waals surface area contributed by atoms with Gasteiger partial charge in [-0.05, 0) is 31.2 Å². The van der Waals surface area contributed by atoms with Gasteiger partial charge in [0.15, 0.2) is 0 Å². The Kier molecular flexibility index (Phi) is 6.94. The average molecular weight is 495 g/mol. The molecule has 180 valence electrons. The fourth-order valence-corrected chi connectivity index (χ4v) is 8.12. The summed E-state index contributed by atoms with van der Waals surface area (Å²) < 4.78 is 57.4. The van der Waals surface area contributed by atoms with Crippen molar-refractivity contribution in [3.8, 4) is 0 Å². The van der Waals surface area contributed by atoms with Gasteiger partial charge in [0.25, 0.3) is 0 Å². The molecule has 0 atom stereocenters. The van der Waals surface area contributed by atoms with E-state index in [2.05, 4.69) is 0 Å². The second-order valence-electron chi connectivity index (χ2n) is 8.62. The highest BCUT2D eigenvalue weighted by molar-refractivity contribution is 7.92. The first-order valence-corrected chi connectivity index (χ1v) is 14.1. The summed E-state index contributed by atoms with van der Waals surface area (Å²) in [6, 6.07) is 9.52. The number of sulfonamides is 2. The molecule has 1 aromatic heterocycles. The van der Waals surface area contributed by atoms with E-state index in [1.165, 1.54) is 25.6 Å². The van der Waals surface area contributed by atoms with Gasteiger partial charge in [-0.15, -0.1) is 0 Å². The van der Waals surface area contributed by atoms with Gasteiger partial charge >= 0.3 is 0 Å². The zero-order chi connectivity index (χ0) is 23.6. The zero-order valence-electron chi connectivity index (χ0n) is 18.8. The van der Waals surface area contributed by atoms with Crippen LogP contribution >= 0.6 is 0 Å². The number of aromatic nitrogens is 1. The van der Waals surface area contributed by atoms with Crippen molar-refractivity contribution >= 4 is 26.0 Å². The maximum atomic E-state index is 13.3. The Bertz CT molecular complexity index is 1130. The summed E-state index contributed by atoms with van der Waals surface area (Å²) in [6.45, 7) is 1.73. The first-order chi connectivity index (χ1) is 15.7. The average Bonchev–Trinajstić information content (AvgIpc) is 3.56. The number of hydrogen-bond acceptors (Lipinski definition) is 5. The van der Waals surface area contributed by atoms with E-state index in [0.717, 1.165) is 31.2 Å². The van der Waals surface area contributed by atoms with E-state index in [-0.39, 0.29) is 22.2 Å². The molecule has 2 fully saturated rings. The molecule has 3 heterocycles. The molecule has 0 N–H and O–H groups in total. The van der Waals surface area contributed by atoms with Gasteiger partial charge < -0.3 is 9.47 Å². The second kappa shape index (κ2) is 9.57. The van der Waals surface area contributed by atoms with Gasteiger partial charge in [0.2, 0.25) is 26.0 Å². The molecular weight excluding hydrogens is 464 g/mol. The summed E-state index contributed by atoms with van der Waals surface area (Å²) in [4.78, 5) is 13.9. The largest absolute Gasteiger partial charge is 0.342 e. The van der Waals surface area contributed by atoms with Crippen LogP contribution in [0.4, 0.5) is 0 Å². The summed E-state index contributed by atoms with van der Waals surface area (Å²) >= 11 is 0. The van der Waals surface area contributed by atoms with Crippen LogP contribution in [0.15, 0.2) is 52.5 Å². The summed E-state index contributed by atoms with van der Waals surface area (Å²) in [5.41, 5.74) is 0.968. The highest BCUT2D eigenvalue weighted by Crippen LogP contribution is 2.31. The van der Waals surface area contributed by atoms with Crippen molar-refractivity contribution in [1.29, 1.82) is 0 Å². The molecule has 4 rings (SSSR count). The van der Waals surface area contributed by atoms with Crippen LogP contribution in [-0.4, -0.2) is 74.0 Å². The van der Waals surface area contributed by atoms with Gasteiger partial charge in [-0.1, -0.05) is 30.3 Å². The maximum Gasteiger partial charge on any atom is 0.245 e. The number of carbonyl (C=O) groups excluding carboxylic acids is 1. The van der Waals surface area contributed by atoms with Crippen LogP contribution in [0, 0.1) is 0 Å². The Morgan fingerprint density at radius 1 is 0.818 bits per heavy atom. The molecule has 0 unspecified atom stereocenters. The molecule has 0 bridgehead atoms. The molecule has 33 heavy (non-hydrogen) atoms. The SMILES string of the molecule is CN(Cc1ccccc1)C(=O)Cn1cc(S(=O)(=O)N2CCCC2)c(S(=O)(=O)N2CCCC2)c1. The van der Waals surface area contributed by atoms with Crippen molar-refractivity contribution < 1.29 is 21.6 Å². The molecule has 0 saturated carbocycles. The lowest BCUT2D eigenvalue weighted by Gasteiger charge is -2.18. The minimum atomic E-state index is -3.98. The van der Waals surface area contributed by atoms with Crippen LogP contribution in [0.5, 0.6) is 0 Å². The van der Waals surface area contributed by atoms with Crippen molar-refractivity contribution in [2.45, 2.75) is 48.6 Å². The van der Waals surface area contributed by atoms with E-state index in [4.69, 9.17) is 0 Å². The molecule has 2 aromatic rings. The smallest absolute Gasteiger partial charge is 0.245 e. The number of nitrogens with zero attached hydrogens (tertiary/aromatic N) is 4. The quantitative estimate of drug-likeness (QED) is 0.556. The van der Waals surface area contributed by atoms with Crippen LogP contribution in [-0.2, 0) is 37.9 Å². The molecule has 2 saturated heterocycles. The Hall–Kier alpha value is -2.21. The van der Waals surface area contributed by atoms with Gasteiger partial charge in [-0.2, -0.15) is 8.61 Å². The Morgan fingerprint density at radius 2 is 1.27 bits per heavy atom. The van der Waals surface area contributed by atoms with E-state index >= 15 is 0 Å². The third-order valence-electron chi connectivity index (χ3n) is 6.18. The molecule has 2 aliphatic rings. The van der Waals surface area contributed by atoms with Crippen LogP contribution in [0.2, 0.25) is 0 Å². The van der Waals surface area contributed by atoms with E-state index in [0.29, 0.717) is 32.7 Å². The van der Waals surface area contributed by atoms with Gasteiger partial charge in [0.1, 0.15) is 16.3 Å². The molecule has 2 aliphatic heterocycles. The molecule has 0 spiro atoms. The predicted molar refractivity (Wildman–Crippen MR) is 123 cm³/mol. The summed E-state index contributed by atoms with van der Waals surface area (Å²) in [6.07, 6.45) is 5.58. The van der Waals surface area contributed by atoms with Crippen LogP contribution in [0.1, 0.15) is 31.2 Å². The zero-order valence-corrected chi connectivity index (χ0v) is 20.4. The topological polar surface area (TPSA) is 100 Å². The maximum absolute atomic E-state index is 13.3. The number of amides is 1. The van der Waals surface area contributed by atoms with Crippen LogP contribution in [0.3, 0.4) is 0 Å². The fraction of sp³-hybridized carbons (Fsp3) is 0.500. The minimum absolute atomic E-state index is 0.151. The highest BCUT2D eigenvalue weighted by Gasteiger charge is 2.38. The second-order valence-corrected chi connectivity index (χ2v) is 12.4. The summed E-state index contributed by atoms with van der Waals surface area (Å²) in [5, 5.41) is 0. The highest BCUT2D eigenvalue weighted by atomic mass is 32.2. The lowest BCUT2D eigenvalue weighted by atomic mass is 10.2. The summed E-state index contributed by atoms with van der Waals surface area (Å²) in [5.74, 6) is -0.246.